The summed E-state index contributed by atoms with van der Waals surface area (Å²) in [6.07, 6.45) is 3.79. The fourth-order valence-corrected chi connectivity index (χ4v) is 3.33. The highest BCUT2D eigenvalue weighted by Gasteiger charge is 2.21. The Morgan fingerprint density at radius 2 is 2.17 bits per heavy atom. The lowest BCUT2D eigenvalue weighted by atomic mass is 9.82. The molecule has 2 aromatic rings. The van der Waals surface area contributed by atoms with Gasteiger partial charge in [0.1, 0.15) is 5.75 Å². The van der Waals surface area contributed by atoms with Crippen LogP contribution in [-0.2, 0) is 24.1 Å². The highest BCUT2D eigenvalue weighted by atomic mass is 16.5. The molecule has 4 heteroatoms. The molecule has 0 aliphatic heterocycles. The first-order valence-electron chi connectivity index (χ1n) is 8.49. The number of carboxylic acids is 1. The van der Waals surface area contributed by atoms with Crippen molar-refractivity contribution < 1.29 is 14.6 Å². The number of benzene rings is 1. The third kappa shape index (κ3) is 4.34. The number of rotatable bonds is 6. The van der Waals surface area contributed by atoms with E-state index in [-0.39, 0.29) is 12.3 Å². The summed E-state index contributed by atoms with van der Waals surface area (Å²) in [4.78, 5) is 15.3. The van der Waals surface area contributed by atoms with Gasteiger partial charge in [-0.1, -0.05) is 12.1 Å². The molecule has 1 aliphatic carbocycles. The molecule has 1 N–H and O–H groups in total. The first-order chi connectivity index (χ1) is 11.6. The Hall–Kier alpha value is -2.36. The average Bonchev–Trinajstić information content (AvgIpc) is 2.54. The van der Waals surface area contributed by atoms with Crippen LogP contribution in [0, 0.1) is 12.8 Å². The van der Waals surface area contributed by atoms with Crippen LogP contribution in [0.15, 0.2) is 36.4 Å². The molecule has 1 unspecified atom stereocenters. The summed E-state index contributed by atoms with van der Waals surface area (Å²) >= 11 is 0. The fourth-order valence-electron chi connectivity index (χ4n) is 3.33. The van der Waals surface area contributed by atoms with Crippen LogP contribution >= 0.6 is 0 Å². The SMILES string of the molecule is Cc1cccc(CCOc2ccc3c(c2)CCC(CC(=O)O)C3)n1. The molecule has 4 nitrogen and oxygen atoms in total. The minimum Gasteiger partial charge on any atom is -0.493 e. The second-order valence-corrected chi connectivity index (χ2v) is 6.51. The van der Waals surface area contributed by atoms with Crippen molar-refractivity contribution in [2.75, 3.05) is 6.61 Å². The topological polar surface area (TPSA) is 59.4 Å². The van der Waals surface area contributed by atoms with E-state index in [2.05, 4.69) is 17.1 Å². The quantitative estimate of drug-likeness (QED) is 0.882. The molecule has 1 atom stereocenters. The van der Waals surface area contributed by atoms with E-state index in [9.17, 15) is 4.79 Å². The predicted molar refractivity (Wildman–Crippen MR) is 92.4 cm³/mol. The van der Waals surface area contributed by atoms with E-state index >= 15 is 0 Å². The van der Waals surface area contributed by atoms with E-state index in [4.69, 9.17) is 9.84 Å². The van der Waals surface area contributed by atoms with E-state index in [1.165, 1.54) is 11.1 Å². The molecule has 1 aliphatic rings. The van der Waals surface area contributed by atoms with Gasteiger partial charge in [0.15, 0.2) is 0 Å². The number of aliphatic carboxylic acids is 1. The summed E-state index contributed by atoms with van der Waals surface area (Å²) in [5.41, 5.74) is 4.63. The number of aryl methyl sites for hydroxylation is 2. The van der Waals surface area contributed by atoms with Crippen LogP contribution in [0.1, 0.15) is 35.4 Å². The van der Waals surface area contributed by atoms with Gasteiger partial charge in [-0.25, -0.2) is 0 Å². The monoisotopic (exact) mass is 325 g/mol. The molecule has 1 heterocycles. The smallest absolute Gasteiger partial charge is 0.303 e. The fraction of sp³-hybridized carbons (Fsp3) is 0.400. The third-order valence-corrected chi connectivity index (χ3v) is 4.54. The van der Waals surface area contributed by atoms with Gasteiger partial charge >= 0.3 is 5.97 Å². The first kappa shape index (κ1) is 16.5. The zero-order chi connectivity index (χ0) is 16.9. The largest absolute Gasteiger partial charge is 0.493 e. The maximum absolute atomic E-state index is 10.9. The molecule has 0 spiro atoms. The lowest BCUT2D eigenvalue weighted by Gasteiger charge is -2.23. The predicted octanol–water partition coefficient (Wildman–Crippen LogP) is 3.59. The van der Waals surface area contributed by atoms with Gasteiger partial charge in [0.2, 0.25) is 0 Å². The Kier molecular flexibility index (Phi) is 5.14. The number of carboxylic acid groups (broad SMARTS) is 1. The van der Waals surface area contributed by atoms with Crippen LogP contribution < -0.4 is 4.74 Å². The molecular formula is C20H23NO3. The van der Waals surface area contributed by atoms with Gasteiger partial charge < -0.3 is 9.84 Å². The van der Waals surface area contributed by atoms with Gasteiger partial charge in [-0.05, 0) is 67.5 Å². The molecule has 126 valence electrons. The number of nitrogens with zero attached hydrogens (tertiary/aromatic N) is 1. The molecule has 0 saturated carbocycles. The lowest BCUT2D eigenvalue weighted by molar-refractivity contribution is -0.138. The molecule has 1 aromatic carbocycles. The van der Waals surface area contributed by atoms with Crippen LogP contribution in [0.4, 0.5) is 0 Å². The summed E-state index contributed by atoms with van der Waals surface area (Å²) in [5, 5.41) is 8.94. The van der Waals surface area contributed by atoms with Crippen molar-refractivity contribution in [2.24, 2.45) is 5.92 Å². The molecule has 0 fully saturated rings. The minimum atomic E-state index is -0.701. The Balaban J connectivity index is 1.56. The van der Waals surface area contributed by atoms with Crippen molar-refractivity contribution in [1.82, 2.24) is 4.98 Å². The van der Waals surface area contributed by atoms with Crippen molar-refractivity contribution >= 4 is 5.97 Å². The lowest BCUT2D eigenvalue weighted by Crippen LogP contribution is -2.17. The number of carbonyl (C=O) groups is 1. The van der Waals surface area contributed by atoms with Gasteiger partial charge in [0.25, 0.3) is 0 Å². The summed E-state index contributed by atoms with van der Waals surface area (Å²) in [6.45, 7) is 2.60. The zero-order valence-electron chi connectivity index (χ0n) is 14.0. The minimum absolute atomic E-state index is 0.258. The average molecular weight is 325 g/mol. The Labute approximate surface area is 142 Å². The zero-order valence-corrected chi connectivity index (χ0v) is 14.0. The molecule has 0 bridgehead atoms. The summed E-state index contributed by atoms with van der Waals surface area (Å²) < 4.78 is 5.87. The highest BCUT2D eigenvalue weighted by Crippen LogP contribution is 2.30. The van der Waals surface area contributed by atoms with Gasteiger partial charge in [0, 0.05) is 24.2 Å². The second kappa shape index (κ2) is 7.47. The van der Waals surface area contributed by atoms with Crippen LogP contribution in [0.5, 0.6) is 5.75 Å². The number of ether oxygens (including phenoxy) is 1. The molecule has 0 amide bonds. The number of pyridine rings is 1. The molecule has 0 radical (unpaired) electrons. The van der Waals surface area contributed by atoms with Crippen molar-refractivity contribution in [3.63, 3.8) is 0 Å². The Morgan fingerprint density at radius 3 is 2.96 bits per heavy atom. The number of hydrogen-bond acceptors (Lipinski definition) is 3. The highest BCUT2D eigenvalue weighted by molar-refractivity contribution is 5.67. The standard InChI is InChI=1S/C20H23NO3/c1-14-3-2-4-18(21-14)9-10-24-19-8-7-16-11-15(12-20(22)23)5-6-17(16)13-19/h2-4,7-8,13,15H,5-6,9-12H2,1H3,(H,22,23). The van der Waals surface area contributed by atoms with Crippen molar-refractivity contribution in [1.29, 1.82) is 0 Å². The molecular weight excluding hydrogens is 302 g/mol. The van der Waals surface area contributed by atoms with Crippen LogP contribution in [0.2, 0.25) is 0 Å². The van der Waals surface area contributed by atoms with E-state index < -0.39 is 5.97 Å². The van der Waals surface area contributed by atoms with Gasteiger partial charge in [-0.2, -0.15) is 0 Å². The number of aromatic nitrogens is 1. The van der Waals surface area contributed by atoms with Crippen molar-refractivity contribution in [3.05, 3.63) is 58.9 Å². The number of fused-ring (bicyclic) bond motifs is 1. The Bertz CT molecular complexity index is 727. The maximum Gasteiger partial charge on any atom is 0.303 e. The van der Waals surface area contributed by atoms with Gasteiger partial charge in [-0.15, -0.1) is 0 Å². The summed E-state index contributed by atoms with van der Waals surface area (Å²) in [5.74, 6) is 0.445. The molecule has 1 aromatic heterocycles. The van der Waals surface area contributed by atoms with E-state index in [0.29, 0.717) is 6.61 Å². The van der Waals surface area contributed by atoms with Gasteiger partial charge in [0.05, 0.1) is 6.61 Å². The summed E-state index contributed by atoms with van der Waals surface area (Å²) in [7, 11) is 0. The van der Waals surface area contributed by atoms with Crippen molar-refractivity contribution in [3.8, 4) is 5.75 Å². The van der Waals surface area contributed by atoms with Crippen molar-refractivity contribution in [2.45, 2.75) is 39.0 Å². The summed E-state index contributed by atoms with van der Waals surface area (Å²) in [6, 6.07) is 12.2. The Morgan fingerprint density at radius 1 is 1.29 bits per heavy atom. The molecule has 3 rings (SSSR count). The van der Waals surface area contributed by atoms with E-state index in [1.54, 1.807) is 0 Å². The van der Waals surface area contributed by atoms with Gasteiger partial charge in [-0.3, -0.25) is 9.78 Å². The molecule has 0 saturated heterocycles. The first-order valence-corrected chi connectivity index (χ1v) is 8.49. The molecule has 24 heavy (non-hydrogen) atoms. The van der Waals surface area contributed by atoms with Crippen LogP contribution in [0.25, 0.3) is 0 Å². The van der Waals surface area contributed by atoms with E-state index in [0.717, 1.165) is 42.8 Å². The van der Waals surface area contributed by atoms with E-state index in [1.807, 2.05) is 31.2 Å². The second-order valence-electron chi connectivity index (χ2n) is 6.51. The van der Waals surface area contributed by atoms with Crippen LogP contribution in [0.3, 0.4) is 0 Å². The third-order valence-electron chi connectivity index (χ3n) is 4.54. The van der Waals surface area contributed by atoms with Crippen LogP contribution in [-0.4, -0.2) is 22.7 Å². The number of hydrogen-bond donors (Lipinski definition) is 1. The maximum atomic E-state index is 10.9. The normalized spacial score (nSPS) is 16.5.